The first-order valence-electron chi connectivity index (χ1n) is 11.7. The van der Waals surface area contributed by atoms with E-state index >= 15 is 0 Å². The minimum absolute atomic E-state index is 0.165. The maximum atomic E-state index is 13.6. The molecule has 0 spiro atoms. The number of aliphatic hydroxyl groups excluding tert-OH is 3. The van der Waals surface area contributed by atoms with E-state index in [0.717, 1.165) is 16.7 Å². The second kappa shape index (κ2) is 8.16. The average Bonchev–Trinajstić information content (AvgIpc) is 2.80. The number of carbonyl (C=O) groups is 3. The molecule has 0 aromatic heterocycles. The van der Waals surface area contributed by atoms with Crippen molar-refractivity contribution in [1.82, 2.24) is 0 Å². The Morgan fingerprint density at radius 3 is 2.35 bits per heavy atom. The summed E-state index contributed by atoms with van der Waals surface area (Å²) in [5.74, 6) is -8.48. The van der Waals surface area contributed by atoms with E-state index in [4.69, 9.17) is 5.73 Å². The van der Waals surface area contributed by atoms with E-state index in [2.05, 4.69) is 0 Å². The van der Waals surface area contributed by atoms with Crippen LogP contribution in [0.25, 0.3) is 11.6 Å². The number of phenolic OH excluding ortho intramolecular Hbond substituents is 1. The molecule has 0 aliphatic heterocycles. The van der Waals surface area contributed by atoms with Crippen LogP contribution in [-0.4, -0.2) is 54.7 Å². The van der Waals surface area contributed by atoms with E-state index in [9.17, 15) is 39.9 Å². The van der Waals surface area contributed by atoms with Crippen molar-refractivity contribution in [2.45, 2.75) is 32.0 Å². The van der Waals surface area contributed by atoms with E-state index in [-0.39, 0.29) is 11.3 Å². The Morgan fingerprint density at radius 1 is 1.08 bits per heavy atom. The molecule has 1 amide bonds. The van der Waals surface area contributed by atoms with Crippen LogP contribution in [0.4, 0.5) is 0 Å². The van der Waals surface area contributed by atoms with Crippen molar-refractivity contribution in [2.75, 3.05) is 0 Å². The van der Waals surface area contributed by atoms with Gasteiger partial charge in [-0.1, -0.05) is 47.5 Å². The fourth-order valence-corrected chi connectivity index (χ4v) is 5.96. The minimum Gasteiger partial charge on any atom is -0.511 e. The van der Waals surface area contributed by atoms with Crippen LogP contribution in [0.3, 0.4) is 0 Å². The molecule has 0 saturated heterocycles. The first-order chi connectivity index (χ1) is 17.4. The van der Waals surface area contributed by atoms with Crippen LogP contribution in [0.15, 0.2) is 59.1 Å². The van der Waals surface area contributed by atoms with E-state index < -0.39 is 70.1 Å². The number of ketones is 2. The molecule has 3 aliphatic carbocycles. The van der Waals surface area contributed by atoms with E-state index in [1.807, 2.05) is 32.0 Å². The van der Waals surface area contributed by atoms with E-state index in [1.54, 1.807) is 12.1 Å². The molecule has 0 unspecified atom stereocenters. The first-order valence-corrected chi connectivity index (χ1v) is 11.7. The Kier molecular flexibility index (Phi) is 5.40. The van der Waals surface area contributed by atoms with Gasteiger partial charge in [0.05, 0.1) is 17.2 Å². The fourth-order valence-electron chi connectivity index (χ4n) is 5.96. The lowest BCUT2D eigenvalue weighted by molar-refractivity contribution is -0.152. The zero-order chi connectivity index (χ0) is 27.0. The second-order valence-electron chi connectivity index (χ2n) is 9.87. The van der Waals surface area contributed by atoms with Gasteiger partial charge < -0.3 is 31.3 Å². The Bertz CT molecular complexity index is 1490. The van der Waals surface area contributed by atoms with E-state index in [0.29, 0.717) is 11.1 Å². The smallest absolute Gasteiger partial charge is 0.255 e. The number of amides is 1. The van der Waals surface area contributed by atoms with Gasteiger partial charge in [-0.25, -0.2) is 0 Å². The van der Waals surface area contributed by atoms with Crippen LogP contribution in [0.1, 0.15) is 39.0 Å². The molecule has 9 nitrogen and oxygen atoms in total. The highest BCUT2D eigenvalue weighted by atomic mass is 16.4. The largest absolute Gasteiger partial charge is 0.511 e. The molecule has 4 atom stereocenters. The molecule has 2 aromatic carbocycles. The summed E-state index contributed by atoms with van der Waals surface area (Å²) in [6, 6.07) is 10.2. The predicted molar refractivity (Wildman–Crippen MR) is 132 cm³/mol. The van der Waals surface area contributed by atoms with Gasteiger partial charge in [0.2, 0.25) is 5.78 Å². The number of hydrogen-bond donors (Lipinski definition) is 6. The standard InChI is InChI=1S/C28H25NO8/c1-11-6-12(2)8-13(7-11)9-15-14-4-3-5-17(30)19(14)24(33)22-20(15)23(32)16-10-18(31)21(27(29)36)25(34)28(16,37)26(22)35/h3-9,16,20,23,30-32,35,37H,10H2,1-2H3,(H2,29,36)/b15-9+/t16-,20-,23-,28-/m1/s1. The summed E-state index contributed by atoms with van der Waals surface area (Å²) in [5.41, 5.74) is 4.11. The summed E-state index contributed by atoms with van der Waals surface area (Å²) in [6.07, 6.45) is -0.480. The molecule has 0 fully saturated rings. The highest BCUT2D eigenvalue weighted by molar-refractivity contribution is 6.25. The highest BCUT2D eigenvalue weighted by Crippen LogP contribution is 2.55. The number of carbonyl (C=O) groups excluding carboxylic acids is 3. The van der Waals surface area contributed by atoms with Gasteiger partial charge in [-0.2, -0.15) is 0 Å². The Hall–Kier alpha value is -4.21. The topological polar surface area (TPSA) is 178 Å². The molecule has 5 rings (SSSR count). The van der Waals surface area contributed by atoms with Crippen LogP contribution in [0.2, 0.25) is 0 Å². The molecule has 3 aliphatic rings. The van der Waals surface area contributed by atoms with Gasteiger partial charge in [0, 0.05) is 18.3 Å². The SMILES string of the molecule is Cc1cc(C)cc(/C=C2\c3cccc(O)c3C(=O)C3=C(O)[C@]4(O)C(=O)C(C(N)=O)=C(O)C[C@@H]4[C@@H](O)[C@@H]32)c1. The Morgan fingerprint density at radius 2 is 1.73 bits per heavy atom. The number of primary amides is 1. The molecular weight excluding hydrogens is 478 g/mol. The van der Waals surface area contributed by atoms with Gasteiger partial charge in [0.1, 0.15) is 22.8 Å². The second-order valence-corrected chi connectivity index (χ2v) is 9.87. The lowest BCUT2D eigenvalue weighted by Gasteiger charge is -2.49. The third kappa shape index (κ3) is 3.35. The molecule has 2 aromatic rings. The Balaban J connectivity index is 1.83. The average molecular weight is 504 g/mol. The van der Waals surface area contributed by atoms with E-state index in [1.165, 1.54) is 12.1 Å². The number of nitrogens with two attached hydrogens (primary N) is 1. The number of fused-ring (bicyclic) bond motifs is 3. The number of aryl methyl sites for hydroxylation is 2. The molecule has 7 N–H and O–H groups in total. The van der Waals surface area contributed by atoms with Crippen molar-refractivity contribution < 1.29 is 39.9 Å². The zero-order valence-electron chi connectivity index (χ0n) is 20.0. The maximum absolute atomic E-state index is 13.6. The van der Waals surface area contributed by atoms with Crippen LogP contribution in [-0.2, 0) is 9.59 Å². The van der Waals surface area contributed by atoms with Gasteiger partial charge in [0.15, 0.2) is 11.4 Å². The normalized spacial score (nSPS) is 28.2. The first kappa shape index (κ1) is 24.5. The number of benzene rings is 2. The van der Waals surface area contributed by atoms with Crippen LogP contribution < -0.4 is 5.73 Å². The van der Waals surface area contributed by atoms with Gasteiger partial charge in [-0.05, 0) is 36.6 Å². The number of aliphatic hydroxyl groups is 4. The lowest BCUT2D eigenvalue weighted by atomic mass is 9.57. The Labute approximate surface area is 211 Å². The maximum Gasteiger partial charge on any atom is 0.255 e. The monoisotopic (exact) mass is 503 g/mol. The fraction of sp³-hybridized carbons (Fsp3) is 0.250. The predicted octanol–water partition coefficient (Wildman–Crippen LogP) is 2.17. The third-order valence-electron chi connectivity index (χ3n) is 7.47. The number of rotatable bonds is 2. The number of hydrogen-bond acceptors (Lipinski definition) is 8. The molecule has 0 saturated carbocycles. The summed E-state index contributed by atoms with van der Waals surface area (Å²) in [4.78, 5) is 38.7. The molecular formula is C28H25NO8. The number of allylic oxidation sites excluding steroid dienone is 1. The van der Waals surface area contributed by atoms with Crippen molar-refractivity contribution in [3.63, 3.8) is 0 Å². The van der Waals surface area contributed by atoms with Crippen LogP contribution >= 0.6 is 0 Å². The van der Waals surface area contributed by atoms with Crippen molar-refractivity contribution >= 4 is 29.1 Å². The van der Waals surface area contributed by atoms with Crippen LogP contribution in [0, 0.1) is 25.7 Å². The number of phenols is 1. The summed E-state index contributed by atoms with van der Waals surface area (Å²) in [5, 5.41) is 55.3. The van der Waals surface area contributed by atoms with Crippen LogP contribution in [0.5, 0.6) is 5.75 Å². The highest BCUT2D eigenvalue weighted by Gasteiger charge is 2.63. The summed E-state index contributed by atoms with van der Waals surface area (Å²) in [7, 11) is 0. The molecule has 0 radical (unpaired) electrons. The zero-order valence-corrected chi connectivity index (χ0v) is 20.0. The summed E-state index contributed by atoms with van der Waals surface area (Å²) in [6.45, 7) is 3.82. The lowest BCUT2D eigenvalue weighted by Crippen LogP contribution is -2.62. The summed E-state index contributed by atoms with van der Waals surface area (Å²) < 4.78 is 0. The molecule has 0 heterocycles. The minimum atomic E-state index is -2.88. The van der Waals surface area contributed by atoms with Crippen molar-refractivity contribution in [3.05, 3.63) is 86.9 Å². The molecule has 37 heavy (non-hydrogen) atoms. The van der Waals surface area contributed by atoms with Gasteiger partial charge in [0.25, 0.3) is 5.91 Å². The van der Waals surface area contributed by atoms with Crippen molar-refractivity contribution in [3.8, 4) is 5.75 Å². The van der Waals surface area contributed by atoms with Crippen molar-refractivity contribution in [1.29, 1.82) is 0 Å². The van der Waals surface area contributed by atoms with Gasteiger partial charge in [-0.15, -0.1) is 0 Å². The molecule has 190 valence electrons. The quantitative estimate of drug-likeness (QED) is 0.338. The van der Waals surface area contributed by atoms with Gasteiger partial charge in [-0.3, -0.25) is 14.4 Å². The van der Waals surface area contributed by atoms with Crippen molar-refractivity contribution in [2.24, 2.45) is 17.6 Å². The number of aromatic hydroxyl groups is 1. The molecule has 0 bridgehead atoms. The molecule has 9 heteroatoms. The third-order valence-corrected chi connectivity index (χ3v) is 7.47. The number of Topliss-reactive ketones (excluding diaryl/α,β-unsaturated/α-hetero) is 2. The van der Waals surface area contributed by atoms with Gasteiger partial charge >= 0.3 is 0 Å². The summed E-state index contributed by atoms with van der Waals surface area (Å²) >= 11 is 0.